The Morgan fingerprint density at radius 1 is 1.21 bits per heavy atom. The molecule has 2 aromatic rings. The predicted molar refractivity (Wildman–Crippen MR) is 112 cm³/mol. The summed E-state index contributed by atoms with van der Waals surface area (Å²) >= 11 is 1.69. The lowest BCUT2D eigenvalue weighted by atomic mass is 9.80. The molecule has 1 amide bonds. The number of benzene rings is 1. The van der Waals surface area contributed by atoms with Gasteiger partial charge in [0.1, 0.15) is 11.4 Å². The third kappa shape index (κ3) is 3.35. The fourth-order valence-electron chi connectivity index (χ4n) is 4.91. The van der Waals surface area contributed by atoms with Crippen LogP contribution in [0.25, 0.3) is 0 Å². The molecular formula is C23H28N2O2S. The van der Waals surface area contributed by atoms with Crippen LogP contribution in [0, 0.1) is 0 Å². The maximum Gasteiger partial charge on any atom is 0.261 e. The highest BCUT2D eigenvalue weighted by molar-refractivity contribution is 7.14. The Kier molecular flexibility index (Phi) is 4.68. The van der Waals surface area contributed by atoms with Crippen LogP contribution in [0.3, 0.4) is 0 Å². The maximum atomic E-state index is 13.1. The minimum atomic E-state index is -0.159. The van der Waals surface area contributed by atoms with Crippen LogP contribution < -0.4 is 10.1 Å². The second-order valence-corrected chi connectivity index (χ2v) is 9.76. The van der Waals surface area contributed by atoms with E-state index in [2.05, 4.69) is 35.5 Å². The number of ether oxygens (including phenoxy) is 1. The Morgan fingerprint density at radius 3 is 2.82 bits per heavy atom. The van der Waals surface area contributed by atoms with Crippen molar-refractivity contribution in [2.75, 3.05) is 20.1 Å². The average Bonchev–Trinajstić information content (AvgIpc) is 3.15. The average molecular weight is 397 g/mol. The number of likely N-dealkylation sites (tertiary alicyclic amines) is 1. The van der Waals surface area contributed by atoms with Crippen molar-refractivity contribution in [2.45, 2.75) is 56.6 Å². The van der Waals surface area contributed by atoms with E-state index in [1.807, 2.05) is 12.1 Å². The van der Waals surface area contributed by atoms with Gasteiger partial charge in [0.15, 0.2) is 0 Å². The van der Waals surface area contributed by atoms with E-state index in [0.29, 0.717) is 0 Å². The fourth-order valence-corrected chi connectivity index (χ4v) is 6.07. The molecule has 3 heterocycles. The van der Waals surface area contributed by atoms with E-state index in [1.54, 1.807) is 11.3 Å². The van der Waals surface area contributed by atoms with Gasteiger partial charge in [-0.1, -0.05) is 18.2 Å². The molecule has 3 aliphatic rings. The normalized spacial score (nSPS) is 23.5. The summed E-state index contributed by atoms with van der Waals surface area (Å²) in [6.45, 7) is 2.08. The lowest BCUT2D eigenvalue weighted by molar-refractivity contribution is -0.0195. The van der Waals surface area contributed by atoms with Crippen molar-refractivity contribution in [3.63, 3.8) is 0 Å². The highest BCUT2D eigenvalue weighted by Crippen LogP contribution is 2.44. The third-order valence-corrected chi connectivity index (χ3v) is 7.86. The monoisotopic (exact) mass is 396 g/mol. The van der Waals surface area contributed by atoms with Gasteiger partial charge in [-0.15, -0.1) is 11.3 Å². The number of carbonyl (C=O) groups excluding carboxylic acids is 1. The number of rotatable bonds is 2. The molecule has 1 saturated heterocycles. The first-order valence-electron chi connectivity index (χ1n) is 10.5. The molecule has 4 nitrogen and oxygen atoms in total. The van der Waals surface area contributed by atoms with Crippen LogP contribution in [0.4, 0.5) is 0 Å². The van der Waals surface area contributed by atoms with Crippen molar-refractivity contribution >= 4 is 17.2 Å². The quantitative estimate of drug-likeness (QED) is 0.821. The van der Waals surface area contributed by atoms with E-state index in [9.17, 15) is 4.79 Å². The summed E-state index contributed by atoms with van der Waals surface area (Å²) in [6.07, 6.45) is 7.62. The van der Waals surface area contributed by atoms with Crippen LogP contribution in [0.1, 0.15) is 63.8 Å². The first kappa shape index (κ1) is 18.2. The van der Waals surface area contributed by atoms with E-state index in [1.165, 1.54) is 23.3 Å². The number of aryl methyl sites for hydroxylation is 2. The fraction of sp³-hybridized carbons (Fsp3) is 0.522. The molecule has 1 fully saturated rings. The number of para-hydroxylation sites is 1. The summed E-state index contributed by atoms with van der Waals surface area (Å²) in [7, 11) is 2.17. The zero-order chi connectivity index (χ0) is 19.1. The molecule has 1 unspecified atom stereocenters. The molecular weight excluding hydrogens is 368 g/mol. The van der Waals surface area contributed by atoms with E-state index in [-0.39, 0.29) is 17.6 Å². The molecule has 0 bridgehead atoms. The largest absolute Gasteiger partial charge is 0.487 e. The van der Waals surface area contributed by atoms with Gasteiger partial charge in [-0.3, -0.25) is 4.79 Å². The zero-order valence-electron chi connectivity index (χ0n) is 16.5. The van der Waals surface area contributed by atoms with Crippen LogP contribution in [0.15, 0.2) is 30.3 Å². The van der Waals surface area contributed by atoms with Crippen molar-refractivity contribution in [1.29, 1.82) is 0 Å². The first-order chi connectivity index (χ1) is 13.6. The molecule has 1 aliphatic carbocycles. The summed E-state index contributed by atoms with van der Waals surface area (Å²) in [6, 6.07) is 10.4. The number of fused-ring (bicyclic) bond motifs is 2. The molecule has 1 aromatic heterocycles. The highest BCUT2D eigenvalue weighted by Gasteiger charge is 2.43. The van der Waals surface area contributed by atoms with Gasteiger partial charge < -0.3 is 15.0 Å². The topological polar surface area (TPSA) is 41.6 Å². The van der Waals surface area contributed by atoms with Crippen LogP contribution in [0.5, 0.6) is 5.75 Å². The number of thiophene rings is 1. The van der Waals surface area contributed by atoms with Gasteiger partial charge in [0, 0.05) is 30.0 Å². The van der Waals surface area contributed by atoms with Crippen molar-refractivity contribution < 1.29 is 9.53 Å². The minimum Gasteiger partial charge on any atom is -0.487 e. The number of hydrogen-bond acceptors (Lipinski definition) is 4. The van der Waals surface area contributed by atoms with E-state index in [0.717, 1.165) is 61.4 Å². The first-order valence-corrected chi connectivity index (χ1v) is 11.3. The molecule has 5 heteroatoms. The summed E-state index contributed by atoms with van der Waals surface area (Å²) in [5.74, 6) is 1.01. The SMILES string of the molecule is CN1CCC2(CC1)CC(NC(=O)c1cc3c(s1)CCCC3)c1ccccc1O2. The number of piperidine rings is 1. The molecule has 1 atom stereocenters. The number of nitrogens with one attached hydrogen (secondary N) is 1. The summed E-state index contributed by atoms with van der Waals surface area (Å²) in [5.41, 5.74) is 2.34. The van der Waals surface area contributed by atoms with Crippen LogP contribution >= 0.6 is 11.3 Å². The molecule has 1 spiro atoms. The second kappa shape index (κ2) is 7.20. The lowest BCUT2D eigenvalue weighted by Crippen LogP contribution is -2.51. The Balaban J connectivity index is 1.40. The maximum absolute atomic E-state index is 13.1. The number of nitrogens with zero attached hydrogens (tertiary/aromatic N) is 1. The Hall–Kier alpha value is -1.85. The summed E-state index contributed by atoms with van der Waals surface area (Å²) in [5, 5.41) is 3.36. The van der Waals surface area contributed by atoms with Crippen molar-refractivity contribution in [3.8, 4) is 5.75 Å². The van der Waals surface area contributed by atoms with Gasteiger partial charge in [-0.2, -0.15) is 0 Å². The standard InChI is InChI=1S/C23H28N2O2S/c1-25-12-10-23(11-13-25)15-18(17-7-3-4-8-19(17)27-23)24-22(26)21-14-16-6-2-5-9-20(16)28-21/h3-4,7-8,14,18H,2,5-6,9-13,15H2,1H3,(H,24,26). The smallest absolute Gasteiger partial charge is 0.261 e. The van der Waals surface area contributed by atoms with Crippen molar-refractivity contribution in [3.05, 3.63) is 51.2 Å². The summed E-state index contributed by atoms with van der Waals surface area (Å²) in [4.78, 5) is 17.8. The highest BCUT2D eigenvalue weighted by atomic mass is 32.1. The molecule has 5 rings (SSSR count). The lowest BCUT2D eigenvalue weighted by Gasteiger charge is -2.46. The Labute approximate surface area is 170 Å². The van der Waals surface area contributed by atoms with Crippen LogP contribution in [-0.4, -0.2) is 36.5 Å². The minimum absolute atomic E-state index is 0.0139. The molecule has 0 radical (unpaired) electrons. The van der Waals surface area contributed by atoms with Crippen LogP contribution in [-0.2, 0) is 12.8 Å². The van der Waals surface area contributed by atoms with Gasteiger partial charge in [0.05, 0.1) is 10.9 Å². The molecule has 28 heavy (non-hydrogen) atoms. The number of amides is 1. The van der Waals surface area contributed by atoms with E-state index < -0.39 is 0 Å². The Bertz CT molecular complexity index is 859. The van der Waals surface area contributed by atoms with Gasteiger partial charge in [0.25, 0.3) is 5.91 Å². The zero-order valence-corrected chi connectivity index (χ0v) is 17.3. The predicted octanol–water partition coefficient (Wildman–Crippen LogP) is 4.34. The van der Waals surface area contributed by atoms with Crippen molar-refractivity contribution in [2.24, 2.45) is 0 Å². The van der Waals surface area contributed by atoms with Gasteiger partial charge >= 0.3 is 0 Å². The molecule has 1 aromatic carbocycles. The number of carbonyl (C=O) groups is 1. The molecule has 0 saturated carbocycles. The second-order valence-electron chi connectivity index (χ2n) is 8.62. The van der Waals surface area contributed by atoms with Gasteiger partial charge in [0.2, 0.25) is 0 Å². The van der Waals surface area contributed by atoms with Gasteiger partial charge in [-0.25, -0.2) is 0 Å². The molecule has 1 N–H and O–H groups in total. The number of hydrogen-bond donors (Lipinski definition) is 1. The van der Waals surface area contributed by atoms with E-state index in [4.69, 9.17) is 4.74 Å². The third-order valence-electron chi connectivity index (χ3n) is 6.62. The Morgan fingerprint density at radius 2 is 2.00 bits per heavy atom. The van der Waals surface area contributed by atoms with Crippen molar-refractivity contribution in [1.82, 2.24) is 10.2 Å². The van der Waals surface area contributed by atoms with Gasteiger partial charge in [-0.05, 0) is 63.3 Å². The molecule has 2 aliphatic heterocycles. The van der Waals surface area contributed by atoms with Crippen LogP contribution in [0.2, 0.25) is 0 Å². The molecule has 148 valence electrons. The summed E-state index contributed by atoms with van der Waals surface area (Å²) < 4.78 is 6.52. The van der Waals surface area contributed by atoms with E-state index >= 15 is 0 Å².